The zero-order chi connectivity index (χ0) is 19.2. The molecule has 3 rings (SSSR count). The molecule has 0 spiro atoms. The quantitative estimate of drug-likeness (QED) is 0.625. The monoisotopic (exact) mass is 368 g/mol. The van der Waals surface area contributed by atoms with Gasteiger partial charge in [0.2, 0.25) is 5.91 Å². The normalized spacial score (nSPS) is 17.2. The van der Waals surface area contributed by atoms with Gasteiger partial charge >= 0.3 is 0 Å². The van der Waals surface area contributed by atoms with Crippen molar-refractivity contribution in [1.29, 1.82) is 0 Å². The van der Waals surface area contributed by atoms with Crippen LogP contribution in [0.1, 0.15) is 30.4 Å². The van der Waals surface area contributed by atoms with Crippen molar-refractivity contribution in [2.24, 2.45) is 12.0 Å². The van der Waals surface area contributed by atoms with Crippen LogP contribution in [0.4, 0.5) is 5.69 Å². The van der Waals surface area contributed by atoms with E-state index in [9.17, 15) is 4.79 Å². The first-order valence-electron chi connectivity index (χ1n) is 9.36. The highest BCUT2D eigenvalue weighted by atomic mass is 16.1. The van der Waals surface area contributed by atoms with Crippen LogP contribution in [-0.4, -0.2) is 53.2 Å². The molecule has 1 amide bonds. The van der Waals surface area contributed by atoms with Crippen LogP contribution in [-0.2, 0) is 18.3 Å². The van der Waals surface area contributed by atoms with Crippen molar-refractivity contribution in [3.05, 3.63) is 47.8 Å². The molecule has 0 bridgehead atoms. The number of aliphatic imine (C=N–C) groups is 1. The summed E-state index contributed by atoms with van der Waals surface area (Å²) in [6, 6.07) is 7.96. The van der Waals surface area contributed by atoms with Crippen LogP contribution in [0.25, 0.3) is 0 Å². The highest BCUT2D eigenvalue weighted by molar-refractivity contribution is 5.88. The van der Waals surface area contributed by atoms with E-state index in [0.29, 0.717) is 5.92 Å². The Bertz CT molecular complexity index is 795. The minimum absolute atomic E-state index is 0.0524. The van der Waals surface area contributed by atoms with E-state index < -0.39 is 0 Å². The third kappa shape index (κ3) is 5.09. The lowest BCUT2D eigenvalue weighted by Gasteiger charge is -2.21. The Morgan fingerprint density at radius 3 is 2.74 bits per heavy atom. The predicted molar refractivity (Wildman–Crippen MR) is 108 cm³/mol. The molecular formula is C20H28N6O. The average Bonchev–Trinajstić information content (AvgIpc) is 3.29. The van der Waals surface area contributed by atoms with Gasteiger partial charge in [-0.2, -0.15) is 5.10 Å². The Balaban J connectivity index is 1.47. The van der Waals surface area contributed by atoms with E-state index in [4.69, 9.17) is 0 Å². The van der Waals surface area contributed by atoms with Gasteiger partial charge in [-0.3, -0.25) is 14.5 Å². The summed E-state index contributed by atoms with van der Waals surface area (Å²) in [6.45, 7) is 4.31. The maximum Gasteiger partial charge on any atom is 0.221 e. The number of rotatable bonds is 5. The molecule has 1 aromatic carbocycles. The lowest BCUT2D eigenvalue weighted by molar-refractivity contribution is -0.114. The lowest BCUT2D eigenvalue weighted by Crippen LogP contribution is -2.40. The van der Waals surface area contributed by atoms with E-state index in [1.54, 1.807) is 0 Å². The third-order valence-electron chi connectivity index (χ3n) is 4.87. The number of amides is 1. The number of hydrogen-bond donors (Lipinski definition) is 2. The Morgan fingerprint density at radius 1 is 1.33 bits per heavy atom. The van der Waals surface area contributed by atoms with E-state index >= 15 is 0 Å². The molecule has 2 heterocycles. The van der Waals surface area contributed by atoms with Crippen LogP contribution in [0.2, 0.25) is 0 Å². The Labute approximate surface area is 160 Å². The van der Waals surface area contributed by atoms with Gasteiger partial charge in [-0.05, 0) is 36.1 Å². The number of guanidine groups is 1. The van der Waals surface area contributed by atoms with Gasteiger partial charge in [0.15, 0.2) is 5.96 Å². The minimum Gasteiger partial charge on any atom is -0.356 e. The first-order chi connectivity index (χ1) is 13.0. The first-order valence-corrected chi connectivity index (χ1v) is 9.36. The summed E-state index contributed by atoms with van der Waals surface area (Å²) in [4.78, 5) is 17.8. The molecule has 1 aromatic heterocycles. The number of nitrogens with zero attached hydrogens (tertiary/aromatic N) is 4. The number of aromatic nitrogens is 2. The number of nitrogens with one attached hydrogen (secondary N) is 2. The molecule has 1 aliphatic heterocycles. The Morgan fingerprint density at radius 2 is 2.11 bits per heavy atom. The highest BCUT2D eigenvalue weighted by Gasteiger charge is 2.26. The SMILES string of the molecule is CN=C(NCCc1ccc(NC(C)=O)cc1)N1CCC(c2cnn(C)c2)C1. The highest BCUT2D eigenvalue weighted by Crippen LogP contribution is 2.26. The van der Waals surface area contributed by atoms with Crippen molar-refractivity contribution < 1.29 is 4.79 Å². The molecule has 0 saturated carbocycles. The van der Waals surface area contributed by atoms with E-state index in [2.05, 4.69) is 31.8 Å². The maximum atomic E-state index is 11.1. The molecule has 1 aliphatic rings. The molecule has 1 unspecified atom stereocenters. The van der Waals surface area contributed by atoms with E-state index in [1.165, 1.54) is 18.1 Å². The summed E-state index contributed by atoms with van der Waals surface area (Å²) < 4.78 is 1.86. The molecule has 7 nitrogen and oxygen atoms in total. The Kier molecular flexibility index (Phi) is 6.11. The zero-order valence-electron chi connectivity index (χ0n) is 16.3. The smallest absolute Gasteiger partial charge is 0.221 e. The molecule has 7 heteroatoms. The minimum atomic E-state index is -0.0524. The number of carbonyl (C=O) groups is 1. The molecule has 1 atom stereocenters. The summed E-state index contributed by atoms with van der Waals surface area (Å²) >= 11 is 0. The number of aryl methyl sites for hydroxylation is 1. The number of anilines is 1. The molecule has 2 aromatic rings. The molecule has 1 saturated heterocycles. The van der Waals surface area contributed by atoms with Gasteiger partial charge in [0.25, 0.3) is 0 Å². The summed E-state index contributed by atoms with van der Waals surface area (Å²) in [6.07, 6.45) is 6.10. The zero-order valence-corrected chi connectivity index (χ0v) is 16.3. The molecule has 1 fully saturated rings. The van der Waals surface area contributed by atoms with Gasteiger partial charge in [-0.15, -0.1) is 0 Å². The number of carbonyl (C=O) groups excluding carboxylic acids is 1. The van der Waals surface area contributed by atoms with Gasteiger partial charge in [0.1, 0.15) is 0 Å². The molecule has 144 valence electrons. The molecule has 2 N–H and O–H groups in total. The second kappa shape index (κ2) is 8.70. The topological polar surface area (TPSA) is 74.6 Å². The number of hydrogen-bond acceptors (Lipinski definition) is 3. The van der Waals surface area contributed by atoms with Crippen LogP contribution < -0.4 is 10.6 Å². The average molecular weight is 368 g/mol. The molecule has 0 aliphatic carbocycles. The van der Waals surface area contributed by atoms with Crippen molar-refractivity contribution in [2.45, 2.75) is 25.7 Å². The van der Waals surface area contributed by atoms with Crippen molar-refractivity contribution in [1.82, 2.24) is 20.0 Å². The third-order valence-corrected chi connectivity index (χ3v) is 4.87. The van der Waals surface area contributed by atoms with Crippen LogP contribution in [0.5, 0.6) is 0 Å². The van der Waals surface area contributed by atoms with Crippen LogP contribution in [0.3, 0.4) is 0 Å². The van der Waals surface area contributed by atoms with Crippen LogP contribution in [0.15, 0.2) is 41.7 Å². The summed E-state index contributed by atoms with van der Waals surface area (Å²) in [5.74, 6) is 1.42. The molecule has 0 radical (unpaired) electrons. The van der Waals surface area contributed by atoms with E-state index in [1.807, 2.05) is 49.2 Å². The fourth-order valence-corrected chi connectivity index (χ4v) is 3.48. The van der Waals surface area contributed by atoms with Crippen molar-refractivity contribution in [3.63, 3.8) is 0 Å². The Hall–Kier alpha value is -2.83. The largest absolute Gasteiger partial charge is 0.356 e. The first kappa shape index (κ1) is 18.9. The van der Waals surface area contributed by atoms with E-state index in [-0.39, 0.29) is 5.91 Å². The fraction of sp³-hybridized carbons (Fsp3) is 0.450. The second-order valence-electron chi connectivity index (χ2n) is 6.98. The predicted octanol–water partition coefficient (Wildman–Crippen LogP) is 1.99. The van der Waals surface area contributed by atoms with Crippen molar-refractivity contribution in [3.8, 4) is 0 Å². The van der Waals surface area contributed by atoms with Gasteiger partial charge < -0.3 is 15.5 Å². The van der Waals surface area contributed by atoms with Gasteiger partial charge in [-0.25, -0.2) is 0 Å². The standard InChI is InChI=1S/C20H28N6O/c1-15(27)24-19-6-4-16(5-7-19)8-10-22-20(21-2)26-11-9-17(14-26)18-12-23-25(3)13-18/h4-7,12-13,17H,8-11,14H2,1-3H3,(H,21,22)(H,24,27). The number of likely N-dealkylation sites (tertiary alicyclic amines) is 1. The maximum absolute atomic E-state index is 11.1. The van der Waals surface area contributed by atoms with Crippen LogP contribution in [0, 0.1) is 0 Å². The summed E-state index contributed by atoms with van der Waals surface area (Å²) in [7, 11) is 3.79. The second-order valence-corrected chi connectivity index (χ2v) is 6.98. The van der Waals surface area contributed by atoms with Crippen molar-refractivity contribution in [2.75, 3.05) is 32.0 Å². The number of benzene rings is 1. The summed E-state index contributed by atoms with van der Waals surface area (Å²) in [5.41, 5.74) is 3.35. The van der Waals surface area contributed by atoms with E-state index in [0.717, 1.165) is 44.1 Å². The van der Waals surface area contributed by atoms with Crippen LogP contribution >= 0.6 is 0 Å². The lowest BCUT2D eigenvalue weighted by atomic mass is 10.0. The van der Waals surface area contributed by atoms with Gasteiger partial charge in [0, 0.05) is 58.5 Å². The van der Waals surface area contributed by atoms with Crippen molar-refractivity contribution >= 4 is 17.6 Å². The summed E-state index contributed by atoms with van der Waals surface area (Å²) in [5, 5.41) is 10.5. The fourth-order valence-electron chi connectivity index (χ4n) is 3.48. The molecule has 27 heavy (non-hydrogen) atoms. The molecular weight excluding hydrogens is 340 g/mol. The van der Waals surface area contributed by atoms with Gasteiger partial charge in [0.05, 0.1) is 6.20 Å². The van der Waals surface area contributed by atoms with Gasteiger partial charge in [-0.1, -0.05) is 12.1 Å².